The zero-order valence-electron chi connectivity index (χ0n) is 10.9. The summed E-state index contributed by atoms with van der Waals surface area (Å²) in [5.74, 6) is 0. The van der Waals surface area contributed by atoms with E-state index in [1.807, 2.05) is 36.4 Å². The highest BCUT2D eigenvalue weighted by molar-refractivity contribution is 7.99. The lowest BCUT2D eigenvalue weighted by molar-refractivity contribution is 0.195. The van der Waals surface area contributed by atoms with Crippen molar-refractivity contribution in [2.75, 3.05) is 0 Å². The lowest BCUT2D eigenvalue weighted by Crippen LogP contribution is -1.96. The summed E-state index contributed by atoms with van der Waals surface area (Å²) in [5.41, 5.74) is 1.71. The van der Waals surface area contributed by atoms with Gasteiger partial charge in [0.25, 0.3) is 0 Å². The second kappa shape index (κ2) is 5.56. The standard InChI is InChI=1S/C15H13N3OS/c1-10(19)11-6-4-8-16-14(11)20-15-12-5-2-3-7-13(12)17-9-18-15/h2-10,19H,1H3/t10-/m1/s1. The van der Waals surface area contributed by atoms with Gasteiger partial charge in [0.05, 0.1) is 11.6 Å². The molecular weight excluding hydrogens is 270 g/mol. The number of nitrogens with zero attached hydrogens (tertiary/aromatic N) is 3. The molecule has 20 heavy (non-hydrogen) atoms. The van der Waals surface area contributed by atoms with Gasteiger partial charge < -0.3 is 5.11 Å². The molecule has 3 aromatic rings. The van der Waals surface area contributed by atoms with Crippen LogP contribution >= 0.6 is 11.8 Å². The molecule has 0 aliphatic heterocycles. The highest BCUT2D eigenvalue weighted by Gasteiger charge is 2.12. The lowest BCUT2D eigenvalue weighted by atomic mass is 10.2. The van der Waals surface area contributed by atoms with Gasteiger partial charge in [-0.2, -0.15) is 0 Å². The number of para-hydroxylation sites is 1. The number of aliphatic hydroxyl groups is 1. The first-order chi connectivity index (χ1) is 9.75. The van der Waals surface area contributed by atoms with E-state index in [9.17, 15) is 5.11 Å². The molecular formula is C15H13N3OS. The molecule has 1 atom stereocenters. The maximum absolute atomic E-state index is 9.81. The molecule has 0 radical (unpaired) electrons. The molecule has 2 heterocycles. The predicted octanol–water partition coefficient (Wildman–Crippen LogP) is 3.23. The fourth-order valence-electron chi connectivity index (χ4n) is 1.96. The van der Waals surface area contributed by atoms with Crippen LogP contribution in [0.15, 0.2) is 59.0 Å². The molecule has 3 rings (SSSR count). The summed E-state index contributed by atoms with van der Waals surface area (Å²) in [6.45, 7) is 1.74. The van der Waals surface area contributed by atoms with Crippen LogP contribution in [0.2, 0.25) is 0 Å². The topological polar surface area (TPSA) is 58.9 Å². The Balaban J connectivity index is 2.06. The van der Waals surface area contributed by atoms with Gasteiger partial charge in [0, 0.05) is 17.1 Å². The van der Waals surface area contributed by atoms with Gasteiger partial charge in [0.15, 0.2) is 0 Å². The van der Waals surface area contributed by atoms with Crippen molar-refractivity contribution in [1.82, 2.24) is 15.0 Å². The predicted molar refractivity (Wildman–Crippen MR) is 78.5 cm³/mol. The summed E-state index contributed by atoms with van der Waals surface area (Å²) in [4.78, 5) is 12.9. The van der Waals surface area contributed by atoms with E-state index in [-0.39, 0.29) is 0 Å². The van der Waals surface area contributed by atoms with E-state index in [0.717, 1.165) is 26.5 Å². The van der Waals surface area contributed by atoms with Gasteiger partial charge >= 0.3 is 0 Å². The van der Waals surface area contributed by atoms with Crippen LogP contribution in [-0.4, -0.2) is 20.1 Å². The first-order valence-corrected chi connectivity index (χ1v) is 7.08. The van der Waals surface area contributed by atoms with Crippen LogP contribution in [0.25, 0.3) is 10.9 Å². The van der Waals surface area contributed by atoms with Crippen molar-refractivity contribution in [2.45, 2.75) is 23.1 Å². The number of fused-ring (bicyclic) bond motifs is 1. The third-order valence-corrected chi connectivity index (χ3v) is 4.00. The van der Waals surface area contributed by atoms with E-state index in [0.29, 0.717) is 0 Å². The molecule has 1 aromatic carbocycles. The molecule has 0 spiro atoms. The van der Waals surface area contributed by atoms with Crippen LogP contribution in [-0.2, 0) is 0 Å². The second-order valence-corrected chi connectivity index (χ2v) is 5.35. The molecule has 2 aromatic heterocycles. The van der Waals surface area contributed by atoms with Crippen molar-refractivity contribution in [3.8, 4) is 0 Å². The average Bonchev–Trinajstić information content (AvgIpc) is 2.48. The second-order valence-electron chi connectivity index (χ2n) is 4.37. The van der Waals surface area contributed by atoms with Gasteiger partial charge in [-0.1, -0.05) is 24.3 Å². The third-order valence-electron chi connectivity index (χ3n) is 2.95. The van der Waals surface area contributed by atoms with E-state index >= 15 is 0 Å². The van der Waals surface area contributed by atoms with Gasteiger partial charge in [-0.3, -0.25) is 0 Å². The molecule has 1 N–H and O–H groups in total. The van der Waals surface area contributed by atoms with E-state index in [2.05, 4.69) is 15.0 Å². The largest absolute Gasteiger partial charge is 0.389 e. The lowest BCUT2D eigenvalue weighted by Gasteiger charge is -2.10. The summed E-state index contributed by atoms with van der Waals surface area (Å²) in [5, 5.41) is 12.4. The van der Waals surface area contributed by atoms with Gasteiger partial charge in [-0.25, -0.2) is 15.0 Å². The van der Waals surface area contributed by atoms with Crippen molar-refractivity contribution in [3.63, 3.8) is 0 Å². The van der Waals surface area contributed by atoms with Crippen molar-refractivity contribution in [1.29, 1.82) is 0 Å². The highest BCUT2D eigenvalue weighted by atomic mass is 32.2. The van der Waals surface area contributed by atoms with Crippen LogP contribution in [0.3, 0.4) is 0 Å². The first-order valence-electron chi connectivity index (χ1n) is 6.26. The Hall–Kier alpha value is -1.98. The quantitative estimate of drug-likeness (QED) is 0.748. The Labute approximate surface area is 120 Å². The molecule has 0 saturated carbocycles. The minimum atomic E-state index is -0.556. The summed E-state index contributed by atoms with van der Waals surface area (Å²) >= 11 is 1.45. The summed E-state index contributed by atoms with van der Waals surface area (Å²) in [7, 11) is 0. The first kappa shape index (κ1) is 13.0. The van der Waals surface area contributed by atoms with Crippen LogP contribution in [0.4, 0.5) is 0 Å². The van der Waals surface area contributed by atoms with E-state index in [1.165, 1.54) is 11.8 Å². The summed E-state index contributed by atoms with van der Waals surface area (Å²) < 4.78 is 0. The highest BCUT2D eigenvalue weighted by Crippen LogP contribution is 2.33. The number of pyridine rings is 1. The Bertz CT molecular complexity index is 741. The van der Waals surface area contributed by atoms with Crippen molar-refractivity contribution in [3.05, 3.63) is 54.5 Å². The number of hydrogen-bond donors (Lipinski definition) is 1. The normalized spacial score (nSPS) is 12.5. The molecule has 5 heteroatoms. The van der Waals surface area contributed by atoms with E-state index in [4.69, 9.17) is 0 Å². The minimum Gasteiger partial charge on any atom is -0.389 e. The van der Waals surface area contributed by atoms with Crippen molar-refractivity contribution < 1.29 is 5.11 Å². The number of aromatic nitrogens is 3. The molecule has 0 fully saturated rings. The molecule has 0 bridgehead atoms. The Kier molecular flexibility index (Phi) is 3.62. The van der Waals surface area contributed by atoms with Gasteiger partial charge in [0.2, 0.25) is 0 Å². The van der Waals surface area contributed by atoms with Crippen LogP contribution in [0.1, 0.15) is 18.6 Å². The molecule has 0 amide bonds. The number of benzene rings is 1. The molecule has 0 aliphatic carbocycles. The molecule has 0 aliphatic rings. The number of rotatable bonds is 3. The number of hydrogen-bond acceptors (Lipinski definition) is 5. The molecule has 100 valence electrons. The van der Waals surface area contributed by atoms with Crippen LogP contribution in [0.5, 0.6) is 0 Å². The minimum absolute atomic E-state index is 0.556. The zero-order chi connectivity index (χ0) is 13.9. The maximum Gasteiger partial charge on any atom is 0.117 e. The third kappa shape index (κ3) is 2.50. The van der Waals surface area contributed by atoms with Gasteiger partial charge in [-0.15, -0.1) is 0 Å². The molecule has 4 nitrogen and oxygen atoms in total. The average molecular weight is 283 g/mol. The van der Waals surface area contributed by atoms with E-state index < -0.39 is 6.10 Å². The van der Waals surface area contributed by atoms with Gasteiger partial charge in [-0.05, 0) is 30.8 Å². The fraction of sp³-hybridized carbons (Fsp3) is 0.133. The monoisotopic (exact) mass is 283 g/mol. The fourth-order valence-corrected chi connectivity index (χ4v) is 3.00. The zero-order valence-corrected chi connectivity index (χ0v) is 11.7. The Morgan fingerprint density at radius 1 is 1.00 bits per heavy atom. The molecule has 0 unspecified atom stereocenters. The Morgan fingerprint density at radius 2 is 1.85 bits per heavy atom. The van der Waals surface area contributed by atoms with Gasteiger partial charge in [0.1, 0.15) is 16.4 Å². The number of aliphatic hydroxyl groups excluding tert-OH is 1. The maximum atomic E-state index is 9.81. The van der Waals surface area contributed by atoms with Crippen LogP contribution < -0.4 is 0 Å². The summed E-state index contributed by atoms with van der Waals surface area (Å²) in [6.07, 6.45) is 2.71. The van der Waals surface area contributed by atoms with Crippen LogP contribution in [0, 0.1) is 0 Å². The van der Waals surface area contributed by atoms with Crippen molar-refractivity contribution >= 4 is 22.7 Å². The smallest absolute Gasteiger partial charge is 0.117 e. The van der Waals surface area contributed by atoms with E-state index in [1.54, 1.807) is 19.4 Å². The summed E-state index contributed by atoms with van der Waals surface area (Å²) in [6, 6.07) is 11.6. The van der Waals surface area contributed by atoms with Crippen molar-refractivity contribution in [2.24, 2.45) is 0 Å². The SMILES string of the molecule is C[C@@H](O)c1cccnc1Sc1ncnc2ccccc12. The molecule has 0 saturated heterocycles. The Morgan fingerprint density at radius 3 is 2.70 bits per heavy atom.